The molecule has 1 aromatic carbocycles. The lowest BCUT2D eigenvalue weighted by molar-refractivity contribution is -0.122. The molecule has 1 aliphatic rings. The maximum atomic E-state index is 12.3. The van der Waals surface area contributed by atoms with Crippen molar-refractivity contribution in [3.63, 3.8) is 0 Å². The summed E-state index contributed by atoms with van der Waals surface area (Å²) in [6, 6.07) is 6.33. The van der Waals surface area contributed by atoms with Crippen LogP contribution in [0.4, 0.5) is 5.69 Å². The fraction of sp³-hybridized carbons (Fsp3) is 0.471. The zero-order valence-electron chi connectivity index (χ0n) is 13.6. The number of hydrogen-bond donors (Lipinski definition) is 2. The van der Waals surface area contributed by atoms with E-state index in [4.69, 9.17) is 0 Å². The Bertz CT molecular complexity index is 601. The molecular weight excluding hydrogens is 294 g/mol. The van der Waals surface area contributed by atoms with Gasteiger partial charge >= 0.3 is 0 Å². The van der Waals surface area contributed by atoms with Gasteiger partial charge in [-0.15, -0.1) is 0 Å². The highest BCUT2D eigenvalue weighted by Crippen LogP contribution is 2.22. The molecule has 0 saturated carbocycles. The van der Waals surface area contributed by atoms with Crippen LogP contribution in [-0.4, -0.2) is 36.9 Å². The Morgan fingerprint density at radius 2 is 2.13 bits per heavy atom. The van der Waals surface area contributed by atoms with Crippen LogP contribution < -0.4 is 15.5 Å². The average molecular weight is 317 g/mol. The number of rotatable bonds is 6. The minimum absolute atomic E-state index is 0.0786. The van der Waals surface area contributed by atoms with E-state index in [1.54, 1.807) is 30.0 Å². The highest BCUT2D eigenvalue weighted by atomic mass is 16.2. The lowest BCUT2D eigenvalue weighted by atomic mass is 10.1. The molecule has 1 aromatic rings. The topological polar surface area (TPSA) is 78.5 Å². The number of amides is 3. The molecular formula is C17H23N3O3. The Labute approximate surface area is 136 Å². The molecule has 1 atom stereocenters. The molecule has 1 aliphatic heterocycles. The summed E-state index contributed by atoms with van der Waals surface area (Å²) >= 11 is 0. The second kappa shape index (κ2) is 7.76. The Balaban J connectivity index is 2.02. The number of carbonyl (C=O) groups is 3. The normalized spacial score (nSPS) is 15.4. The Morgan fingerprint density at radius 1 is 1.35 bits per heavy atom. The molecule has 2 N–H and O–H groups in total. The highest BCUT2D eigenvalue weighted by Gasteiger charge is 2.23. The summed E-state index contributed by atoms with van der Waals surface area (Å²) in [7, 11) is 0. The van der Waals surface area contributed by atoms with Crippen molar-refractivity contribution in [1.29, 1.82) is 0 Å². The van der Waals surface area contributed by atoms with Crippen LogP contribution in [0.5, 0.6) is 0 Å². The minimum Gasteiger partial charge on any atom is -0.354 e. The summed E-state index contributed by atoms with van der Waals surface area (Å²) in [5.41, 5.74) is 1.17. The number of anilines is 1. The van der Waals surface area contributed by atoms with Gasteiger partial charge in [0.05, 0.1) is 0 Å². The van der Waals surface area contributed by atoms with E-state index >= 15 is 0 Å². The van der Waals surface area contributed by atoms with E-state index in [2.05, 4.69) is 10.6 Å². The summed E-state index contributed by atoms with van der Waals surface area (Å²) in [6.07, 6.45) is 2.23. The SMILES string of the molecule is CCCNC(=O)[C@H](C)NC(=O)c1cccc(N2CCCC2=O)c1. The van der Waals surface area contributed by atoms with Crippen molar-refractivity contribution in [2.45, 2.75) is 39.2 Å². The molecule has 3 amide bonds. The fourth-order valence-electron chi connectivity index (χ4n) is 2.48. The van der Waals surface area contributed by atoms with Crippen LogP contribution in [0.2, 0.25) is 0 Å². The summed E-state index contributed by atoms with van der Waals surface area (Å²) in [5.74, 6) is -0.446. The standard InChI is InChI=1S/C17H23N3O3/c1-3-9-18-16(22)12(2)19-17(23)13-6-4-7-14(11-13)20-10-5-8-15(20)21/h4,6-7,11-12H,3,5,8-10H2,1-2H3,(H,18,22)(H,19,23)/t12-/m0/s1. The van der Waals surface area contributed by atoms with Crippen molar-refractivity contribution in [2.75, 3.05) is 18.0 Å². The van der Waals surface area contributed by atoms with Crippen molar-refractivity contribution in [3.8, 4) is 0 Å². The van der Waals surface area contributed by atoms with Gasteiger partial charge in [-0.3, -0.25) is 14.4 Å². The van der Waals surface area contributed by atoms with Gasteiger partial charge < -0.3 is 15.5 Å². The van der Waals surface area contributed by atoms with E-state index in [0.717, 1.165) is 18.5 Å². The van der Waals surface area contributed by atoms with Gasteiger partial charge in [-0.25, -0.2) is 0 Å². The van der Waals surface area contributed by atoms with Gasteiger partial charge in [0.25, 0.3) is 5.91 Å². The van der Waals surface area contributed by atoms with E-state index < -0.39 is 6.04 Å². The van der Waals surface area contributed by atoms with Crippen LogP contribution in [0, 0.1) is 0 Å². The van der Waals surface area contributed by atoms with E-state index in [1.165, 1.54) is 0 Å². The molecule has 6 nitrogen and oxygen atoms in total. The first kappa shape index (κ1) is 17.0. The number of carbonyl (C=O) groups excluding carboxylic acids is 3. The van der Waals surface area contributed by atoms with Gasteiger partial charge in [-0.2, -0.15) is 0 Å². The van der Waals surface area contributed by atoms with Crippen LogP contribution >= 0.6 is 0 Å². The predicted octanol–water partition coefficient (Wildman–Crippen LogP) is 1.46. The molecule has 2 rings (SSSR count). The highest BCUT2D eigenvalue weighted by molar-refractivity contribution is 6.00. The van der Waals surface area contributed by atoms with E-state index in [9.17, 15) is 14.4 Å². The van der Waals surface area contributed by atoms with Gasteiger partial charge in [0.15, 0.2) is 0 Å². The molecule has 0 unspecified atom stereocenters. The summed E-state index contributed by atoms with van der Waals surface area (Å²) in [6.45, 7) is 4.89. The molecule has 1 fully saturated rings. The van der Waals surface area contributed by atoms with Crippen molar-refractivity contribution < 1.29 is 14.4 Å². The fourth-order valence-corrected chi connectivity index (χ4v) is 2.48. The molecule has 0 spiro atoms. The second-order valence-corrected chi connectivity index (χ2v) is 5.69. The van der Waals surface area contributed by atoms with Crippen molar-refractivity contribution in [1.82, 2.24) is 10.6 Å². The number of benzene rings is 1. The third kappa shape index (κ3) is 4.31. The minimum atomic E-state index is -0.605. The quantitative estimate of drug-likeness (QED) is 0.834. The maximum absolute atomic E-state index is 12.3. The van der Waals surface area contributed by atoms with Crippen LogP contribution in [-0.2, 0) is 9.59 Å². The Morgan fingerprint density at radius 3 is 2.78 bits per heavy atom. The van der Waals surface area contributed by atoms with E-state index in [0.29, 0.717) is 25.1 Å². The predicted molar refractivity (Wildman–Crippen MR) is 88.3 cm³/mol. The van der Waals surface area contributed by atoms with Crippen molar-refractivity contribution in [2.24, 2.45) is 0 Å². The molecule has 124 valence electrons. The number of nitrogens with zero attached hydrogens (tertiary/aromatic N) is 1. The molecule has 6 heteroatoms. The molecule has 1 heterocycles. The first-order chi connectivity index (χ1) is 11.0. The lowest BCUT2D eigenvalue weighted by Gasteiger charge is -2.17. The smallest absolute Gasteiger partial charge is 0.251 e. The van der Waals surface area contributed by atoms with E-state index in [-0.39, 0.29) is 17.7 Å². The molecule has 23 heavy (non-hydrogen) atoms. The molecule has 0 radical (unpaired) electrons. The third-order valence-electron chi connectivity index (χ3n) is 3.78. The van der Waals surface area contributed by atoms with Crippen LogP contribution in [0.15, 0.2) is 24.3 Å². The van der Waals surface area contributed by atoms with Crippen molar-refractivity contribution >= 4 is 23.4 Å². The zero-order chi connectivity index (χ0) is 16.8. The monoisotopic (exact) mass is 317 g/mol. The lowest BCUT2D eigenvalue weighted by Crippen LogP contribution is -2.45. The van der Waals surface area contributed by atoms with Crippen LogP contribution in [0.1, 0.15) is 43.5 Å². The molecule has 0 aliphatic carbocycles. The summed E-state index contributed by atoms with van der Waals surface area (Å²) < 4.78 is 0. The maximum Gasteiger partial charge on any atom is 0.251 e. The molecule has 1 saturated heterocycles. The van der Waals surface area contributed by atoms with Crippen molar-refractivity contribution in [3.05, 3.63) is 29.8 Å². The van der Waals surface area contributed by atoms with E-state index in [1.807, 2.05) is 13.0 Å². The van der Waals surface area contributed by atoms with Crippen LogP contribution in [0.25, 0.3) is 0 Å². The van der Waals surface area contributed by atoms with Gasteiger partial charge in [-0.1, -0.05) is 13.0 Å². The van der Waals surface area contributed by atoms with Gasteiger partial charge in [0.1, 0.15) is 6.04 Å². The average Bonchev–Trinajstić information content (AvgIpc) is 2.98. The van der Waals surface area contributed by atoms with Gasteiger partial charge in [0.2, 0.25) is 11.8 Å². The molecule has 0 aromatic heterocycles. The third-order valence-corrected chi connectivity index (χ3v) is 3.78. The summed E-state index contributed by atoms with van der Waals surface area (Å²) in [4.78, 5) is 37.6. The summed E-state index contributed by atoms with van der Waals surface area (Å²) in [5, 5.41) is 5.42. The van der Waals surface area contributed by atoms with Gasteiger partial charge in [-0.05, 0) is 38.0 Å². The van der Waals surface area contributed by atoms with Crippen LogP contribution in [0.3, 0.4) is 0 Å². The Hall–Kier alpha value is -2.37. The molecule has 0 bridgehead atoms. The number of nitrogens with one attached hydrogen (secondary N) is 2. The first-order valence-corrected chi connectivity index (χ1v) is 8.02. The Kier molecular flexibility index (Phi) is 5.73. The second-order valence-electron chi connectivity index (χ2n) is 5.69. The largest absolute Gasteiger partial charge is 0.354 e. The number of hydrogen-bond acceptors (Lipinski definition) is 3. The van der Waals surface area contributed by atoms with Gasteiger partial charge in [0, 0.05) is 30.8 Å². The first-order valence-electron chi connectivity index (χ1n) is 8.02. The zero-order valence-corrected chi connectivity index (χ0v) is 13.6.